The van der Waals surface area contributed by atoms with Crippen LogP contribution in [0.3, 0.4) is 0 Å². The molecule has 0 radical (unpaired) electrons. The first-order valence-electron chi connectivity index (χ1n) is 8.77. The number of hydrogen-bond donors (Lipinski definition) is 1. The van der Waals surface area contributed by atoms with Crippen LogP contribution >= 0.6 is 0 Å². The Labute approximate surface area is 148 Å². The molecule has 7 heteroatoms. The lowest BCUT2D eigenvalue weighted by Gasteiger charge is -2.32. The number of urea groups is 1. The maximum Gasteiger partial charge on any atom is 0.321 e. The Balaban J connectivity index is 1.65. The first-order valence-corrected chi connectivity index (χ1v) is 8.77. The second-order valence-electron chi connectivity index (χ2n) is 6.80. The number of carbonyl (C=O) groups is 1. The van der Waals surface area contributed by atoms with E-state index < -0.39 is 0 Å². The maximum atomic E-state index is 12.7. The van der Waals surface area contributed by atoms with Gasteiger partial charge in [0.05, 0.1) is 6.04 Å². The molecule has 0 unspecified atom stereocenters. The molecule has 1 aliphatic rings. The van der Waals surface area contributed by atoms with Crippen molar-refractivity contribution in [2.24, 2.45) is 0 Å². The SMILES string of the molecule is CC(C)N(C)c1cccc(NC(=O)N2CCC[C@H](n3cncn3)C2)c1. The van der Waals surface area contributed by atoms with E-state index in [4.69, 9.17) is 0 Å². The third-order valence-corrected chi connectivity index (χ3v) is 4.77. The van der Waals surface area contributed by atoms with Crippen molar-refractivity contribution in [1.82, 2.24) is 19.7 Å². The standard InChI is InChI=1S/C18H26N6O/c1-14(2)22(3)16-7-4-6-15(10-16)21-18(25)23-9-5-8-17(11-23)24-13-19-12-20-24/h4,6-7,10,12-14,17H,5,8-9,11H2,1-3H3,(H,21,25)/t17-/m0/s1. The number of hydrogen-bond acceptors (Lipinski definition) is 4. The van der Waals surface area contributed by atoms with Gasteiger partial charge in [0.25, 0.3) is 0 Å². The highest BCUT2D eigenvalue weighted by atomic mass is 16.2. The largest absolute Gasteiger partial charge is 0.372 e. The summed E-state index contributed by atoms with van der Waals surface area (Å²) in [5.41, 5.74) is 1.91. The second-order valence-corrected chi connectivity index (χ2v) is 6.80. The van der Waals surface area contributed by atoms with Crippen LogP contribution in [0.2, 0.25) is 0 Å². The molecule has 3 rings (SSSR count). The normalized spacial score (nSPS) is 17.6. The highest BCUT2D eigenvalue weighted by molar-refractivity contribution is 5.90. The van der Waals surface area contributed by atoms with E-state index >= 15 is 0 Å². The number of piperidine rings is 1. The molecule has 2 amide bonds. The van der Waals surface area contributed by atoms with E-state index in [-0.39, 0.29) is 12.1 Å². The Kier molecular flexibility index (Phi) is 5.21. The number of aromatic nitrogens is 3. The first kappa shape index (κ1) is 17.3. The van der Waals surface area contributed by atoms with Crippen molar-refractivity contribution in [2.45, 2.75) is 38.8 Å². The van der Waals surface area contributed by atoms with E-state index in [0.29, 0.717) is 12.6 Å². The number of nitrogens with zero attached hydrogens (tertiary/aromatic N) is 5. The molecule has 0 aliphatic carbocycles. The Hall–Kier alpha value is -2.57. The minimum atomic E-state index is -0.0610. The summed E-state index contributed by atoms with van der Waals surface area (Å²) in [6.45, 7) is 5.70. The maximum absolute atomic E-state index is 12.7. The number of benzene rings is 1. The van der Waals surface area contributed by atoms with Gasteiger partial charge >= 0.3 is 6.03 Å². The summed E-state index contributed by atoms with van der Waals surface area (Å²) in [4.78, 5) is 20.7. The monoisotopic (exact) mass is 342 g/mol. The summed E-state index contributed by atoms with van der Waals surface area (Å²) >= 11 is 0. The highest BCUT2D eigenvalue weighted by Crippen LogP contribution is 2.23. The van der Waals surface area contributed by atoms with Crippen LogP contribution in [-0.4, -0.2) is 51.9 Å². The molecular weight excluding hydrogens is 316 g/mol. The summed E-state index contributed by atoms with van der Waals surface area (Å²) in [6, 6.07) is 8.49. The zero-order chi connectivity index (χ0) is 17.8. The van der Waals surface area contributed by atoms with Gasteiger partial charge in [-0.05, 0) is 44.9 Å². The molecule has 1 aromatic heterocycles. The van der Waals surface area contributed by atoms with Crippen LogP contribution in [0.5, 0.6) is 0 Å². The molecule has 7 nitrogen and oxygen atoms in total. The third kappa shape index (κ3) is 4.10. The van der Waals surface area contributed by atoms with Gasteiger partial charge in [-0.25, -0.2) is 14.5 Å². The first-order chi connectivity index (χ1) is 12.0. The van der Waals surface area contributed by atoms with Crippen molar-refractivity contribution >= 4 is 17.4 Å². The predicted octanol–water partition coefficient (Wildman–Crippen LogP) is 2.99. The van der Waals surface area contributed by atoms with E-state index in [1.54, 1.807) is 6.33 Å². The van der Waals surface area contributed by atoms with Gasteiger partial charge in [-0.2, -0.15) is 5.10 Å². The fourth-order valence-corrected chi connectivity index (χ4v) is 3.06. The minimum Gasteiger partial charge on any atom is -0.372 e. The fraction of sp³-hybridized carbons (Fsp3) is 0.500. The van der Waals surface area contributed by atoms with Gasteiger partial charge in [-0.1, -0.05) is 6.07 Å². The van der Waals surface area contributed by atoms with Crippen molar-refractivity contribution in [3.05, 3.63) is 36.9 Å². The van der Waals surface area contributed by atoms with Crippen LogP contribution in [0.1, 0.15) is 32.7 Å². The molecule has 1 atom stereocenters. The molecule has 25 heavy (non-hydrogen) atoms. The van der Waals surface area contributed by atoms with Crippen molar-refractivity contribution in [1.29, 1.82) is 0 Å². The number of anilines is 2. The van der Waals surface area contributed by atoms with Crippen molar-refractivity contribution in [3.8, 4) is 0 Å². The minimum absolute atomic E-state index is 0.0610. The van der Waals surface area contributed by atoms with Gasteiger partial charge in [0.2, 0.25) is 0 Å². The molecule has 1 fully saturated rings. The Morgan fingerprint density at radius 2 is 2.24 bits per heavy atom. The highest BCUT2D eigenvalue weighted by Gasteiger charge is 2.25. The van der Waals surface area contributed by atoms with Gasteiger partial charge in [0, 0.05) is 37.6 Å². The lowest BCUT2D eigenvalue weighted by Crippen LogP contribution is -2.43. The topological polar surface area (TPSA) is 66.3 Å². The zero-order valence-electron chi connectivity index (χ0n) is 15.1. The fourth-order valence-electron chi connectivity index (χ4n) is 3.06. The lowest BCUT2D eigenvalue weighted by atomic mass is 10.1. The number of nitrogens with one attached hydrogen (secondary N) is 1. The average Bonchev–Trinajstić information content (AvgIpc) is 3.16. The Morgan fingerprint density at radius 3 is 2.96 bits per heavy atom. The zero-order valence-corrected chi connectivity index (χ0v) is 15.1. The van der Waals surface area contributed by atoms with Gasteiger partial charge in [-0.3, -0.25) is 0 Å². The van der Waals surface area contributed by atoms with Gasteiger partial charge in [-0.15, -0.1) is 0 Å². The second kappa shape index (κ2) is 7.55. The molecule has 1 saturated heterocycles. The quantitative estimate of drug-likeness (QED) is 0.927. The smallest absolute Gasteiger partial charge is 0.321 e. The summed E-state index contributed by atoms with van der Waals surface area (Å²) < 4.78 is 1.84. The van der Waals surface area contributed by atoms with Crippen LogP contribution < -0.4 is 10.2 Å². The molecule has 134 valence electrons. The van der Waals surface area contributed by atoms with Crippen LogP contribution in [0.15, 0.2) is 36.9 Å². The molecule has 0 spiro atoms. The molecule has 0 saturated carbocycles. The van der Waals surface area contributed by atoms with E-state index in [1.165, 1.54) is 6.33 Å². The van der Waals surface area contributed by atoms with Gasteiger partial charge in [0.15, 0.2) is 0 Å². The van der Waals surface area contributed by atoms with Crippen molar-refractivity contribution in [2.75, 3.05) is 30.4 Å². The summed E-state index contributed by atoms with van der Waals surface area (Å²) in [7, 11) is 2.05. The molecule has 1 aromatic carbocycles. The molecule has 2 aromatic rings. The lowest BCUT2D eigenvalue weighted by molar-refractivity contribution is 0.174. The van der Waals surface area contributed by atoms with Crippen LogP contribution in [0.25, 0.3) is 0 Å². The van der Waals surface area contributed by atoms with E-state index in [1.807, 2.05) is 27.8 Å². The average molecular weight is 342 g/mol. The molecule has 1 N–H and O–H groups in total. The van der Waals surface area contributed by atoms with Crippen LogP contribution in [-0.2, 0) is 0 Å². The predicted molar refractivity (Wildman–Crippen MR) is 98.9 cm³/mol. The number of amides is 2. The molecule has 0 bridgehead atoms. The van der Waals surface area contributed by atoms with Crippen molar-refractivity contribution < 1.29 is 4.79 Å². The van der Waals surface area contributed by atoms with Crippen LogP contribution in [0, 0.1) is 0 Å². The van der Waals surface area contributed by atoms with E-state index in [2.05, 4.69) is 47.3 Å². The molecule has 1 aliphatic heterocycles. The van der Waals surface area contributed by atoms with Crippen molar-refractivity contribution in [3.63, 3.8) is 0 Å². The Bertz CT molecular complexity index is 699. The van der Waals surface area contributed by atoms with E-state index in [9.17, 15) is 4.79 Å². The van der Waals surface area contributed by atoms with Gasteiger partial charge in [0.1, 0.15) is 12.7 Å². The Morgan fingerprint density at radius 1 is 1.40 bits per heavy atom. The summed E-state index contributed by atoms with van der Waals surface area (Å²) in [5, 5.41) is 7.23. The van der Waals surface area contributed by atoms with Gasteiger partial charge < -0.3 is 15.1 Å². The summed E-state index contributed by atoms with van der Waals surface area (Å²) in [6.07, 6.45) is 5.24. The molecular formula is C18H26N6O. The number of carbonyl (C=O) groups excluding carboxylic acids is 1. The summed E-state index contributed by atoms with van der Waals surface area (Å²) in [5.74, 6) is 0. The number of rotatable bonds is 4. The van der Waals surface area contributed by atoms with Crippen LogP contribution in [0.4, 0.5) is 16.2 Å². The van der Waals surface area contributed by atoms with E-state index in [0.717, 1.165) is 30.8 Å². The molecule has 2 heterocycles. The third-order valence-electron chi connectivity index (χ3n) is 4.77. The number of likely N-dealkylation sites (tertiary alicyclic amines) is 1.